The van der Waals surface area contributed by atoms with Gasteiger partial charge in [-0.2, -0.15) is 0 Å². The van der Waals surface area contributed by atoms with Gasteiger partial charge in [-0.15, -0.1) is 0 Å². The molecule has 0 spiro atoms. The van der Waals surface area contributed by atoms with Gasteiger partial charge in [0.2, 0.25) is 0 Å². The first kappa shape index (κ1) is 15.2. The van der Waals surface area contributed by atoms with Crippen LogP contribution in [0.3, 0.4) is 0 Å². The number of carbonyl (C=O) groups is 1. The van der Waals surface area contributed by atoms with Gasteiger partial charge < -0.3 is 21.6 Å². The van der Waals surface area contributed by atoms with Crippen molar-refractivity contribution in [2.45, 2.75) is 19.3 Å². The van der Waals surface area contributed by atoms with Crippen molar-refractivity contribution in [2.24, 2.45) is 0 Å². The van der Waals surface area contributed by atoms with Gasteiger partial charge in [0.05, 0.1) is 34.8 Å². The highest BCUT2D eigenvalue weighted by molar-refractivity contribution is 5.68. The van der Waals surface area contributed by atoms with Crippen LogP contribution in [0, 0.1) is 0 Å². The predicted molar refractivity (Wildman–Crippen MR) is 48.8 cm³/mol. The number of carbonyl (C=O) groups excluding carboxylic acids is 1. The van der Waals surface area contributed by atoms with Crippen LogP contribution in [-0.4, -0.2) is 45.2 Å². The van der Waals surface area contributed by atoms with Crippen molar-refractivity contribution >= 4 is 5.97 Å². The van der Waals surface area contributed by atoms with Crippen LogP contribution >= 0.6 is 0 Å². The summed E-state index contributed by atoms with van der Waals surface area (Å²) in [6.45, 7) is 1.11. The summed E-state index contributed by atoms with van der Waals surface area (Å²) in [5.74, 6) is -0.101. The summed E-state index contributed by atoms with van der Waals surface area (Å²) < 4.78 is 5.50. The van der Waals surface area contributed by atoms with Crippen LogP contribution in [0.25, 0.3) is 0 Å². The maximum Gasteiger partial charge on any atom is 0.305 e. The maximum absolute atomic E-state index is 10.7. The van der Waals surface area contributed by atoms with E-state index < -0.39 is 0 Å². The summed E-state index contributed by atoms with van der Waals surface area (Å²) in [6, 6.07) is 0. The highest BCUT2D eigenvalue weighted by Gasteiger charge is 2.06. The van der Waals surface area contributed by atoms with Gasteiger partial charge in [0.1, 0.15) is 0 Å². The number of quaternary nitrogens is 1. The predicted octanol–water partition coefficient (Wildman–Crippen LogP) is -1.96. The lowest BCUT2D eigenvalue weighted by Gasteiger charge is -2.23. The third-order valence-electron chi connectivity index (χ3n) is 1.69. The molecule has 0 atom stereocenters. The molecule has 0 heterocycles. The fourth-order valence-electron chi connectivity index (χ4n) is 0.958. The second-order valence-electron chi connectivity index (χ2n) is 4.05. The zero-order valence-corrected chi connectivity index (χ0v) is 9.73. The Morgan fingerprint density at radius 3 is 2.15 bits per heavy atom. The molecule has 0 amide bonds. The molecule has 0 fully saturated rings. The van der Waals surface area contributed by atoms with E-state index in [9.17, 15) is 4.79 Å². The Hall–Kier alpha value is -0.280. The van der Waals surface area contributed by atoms with Crippen LogP contribution in [0.5, 0.6) is 0 Å². The number of esters is 1. The van der Waals surface area contributed by atoms with Crippen LogP contribution in [0.4, 0.5) is 0 Å². The molecule has 0 radical (unpaired) electrons. The molecule has 0 bridgehead atoms. The summed E-state index contributed by atoms with van der Waals surface area (Å²) in [4.78, 5) is 10.7. The highest BCUT2D eigenvalue weighted by atomic mass is 35.5. The van der Waals surface area contributed by atoms with E-state index in [0.717, 1.165) is 23.9 Å². The Morgan fingerprint density at radius 1 is 1.23 bits per heavy atom. The number of ether oxygens (including phenoxy) is 1. The summed E-state index contributed by atoms with van der Waals surface area (Å²) in [7, 11) is 7.89. The molecule has 0 unspecified atom stereocenters. The van der Waals surface area contributed by atoms with Gasteiger partial charge in [-0.1, -0.05) is 0 Å². The topological polar surface area (TPSA) is 26.3 Å². The van der Waals surface area contributed by atoms with Crippen molar-refractivity contribution in [1.82, 2.24) is 0 Å². The monoisotopic (exact) mass is 209 g/mol. The molecule has 0 saturated heterocycles. The summed E-state index contributed by atoms with van der Waals surface area (Å²) >= 11 is 0. The molecule has 0 saturated carbocycles. The van der Waals surface area contributed by atoms with Crippen molar-refractivity contribution in [3.63, 3.8) is 0 Å². The van der Waals surface area contributed by atoms with E-state index in [1.165, 1.54) is 7.11 Å². The standard InChI is InChI=1S/C9H20NO2.ClH/c1-10(2,3)8-6-5-7-9(11)12-4;/h5-8H2,1-4H3;1H/q+1;/p-1. The average molecular weight is 210 g/mol. The first-order valence-electron chi connectivity index (χ1n) is 4.33. The molecule has 0 aliphatic rings. The molecule has 13 heavy (non-hydrogen) atoms. The van der Waals surface area contributed by atoms with Crippen LogP contribution in [0.2, 0.25) is 0 Å². The average Bonchev–Trinajstić information content (AvgIpc) is 1.96. The third kappa shape index (κ3) is 11.7. The number of hydrogen-bond acceptors (Lipinski definition) is 2. The zero-order chi connectivity index (χ0) is 9.61. The van der Waals surface area contributed by atoms with Gasteiger partial charge in [0.25, 0.3) is 0 Å². The maximum atomic E-state index is 10.7. The molecule has 0 rings (SSSR count). The third-order valence-corrected chi connectivity index (χ3v) is 1.69. The number of halogens is 1. The molecule has 0 aliphatic carbocycles. The van der Waals surface area contributed by atoms with E-state index in [-0.39, 0.29) is 18.4 Å². The Labute approximate surface area is 87.1 Å². The number of nitrogens with zero attached hydrogens (tertiary/aromatic N) is 1. The minimum absolute atomic E-state index is 0. The minimum atomic E-state index is -0.101. The first-order valence-corrected chi connectivity index (χ1v) is 4.33. The Balaban J connectivity index is 0. The quantitative estimate of drug-likeness (QED) is 0.299. The molecule has 0 aromatic rings. The van der Waals surface area contributed by atoms with Gasteiger partial charge in [0.15, 0.2) is 0 Å². The largest absolute Gasteiger partial charge is 1.00 e. The van der Waals surface area contributed by atoms with Crippen molar-refractivity contribution in [3.8, 4) is 0 Å². The molecule has 0 aliphatic heterocycles. The molecule has 80 valence electrons. The summed E-state index contributed by atoms with van der Waals surface area (Å²) in [6.07, 6.45) is 2.57. The molecule has 0 aromatic carbocycles. The van der Waals surface area contributed by atoms with Gasteiger partial charge in [-0.05, 0) is 12.8 Å². The number of methoxy groups -OCH3 is 1. The van der Waals surface area contributed by atoms with Gasteiger partial charge >= 0.3 is 5.97 Å². The van der Waals surface area contributed by atoms with Crippen LogP contribution in [0.1, 0.15) is 19.3 Å². The lowest BCUT2D eigenvalue weighted by atomic mass is 10.2. The summed E-state index contributed by atoms with van der Waals surface area (Å²) in [5, 5.41) is 0. The van der Waals surface area contributed by atoms with Crippen molar-refractivity contribution in [3.05, 3.63) is 0 Å². The van der Waals surface area contributed by atoms with Gasteiger partial charge in [-0.25, -0.2) is 0 Å². The normalized spacial score (nSPS) is 10.5. The number of hydrogen-bond donors (Lipinski definition) is 0. The van der Waals surface area contributed by atoms with Gasteiger partial charge in [0, 0.05) is 6.42 Å². The molecule has 4 heteroatoms. The van der Waals surface area contributed by atoms with Crippen molar-refractivity contribution < 1.29 is 26.4 Å². The Bertz CT molecular complexity index is 143. The fraction of sp³-hybridized carbons (Fsp3) is 0.889. The van der Waals surface area contributed by atoms with Crippen LogP contribution in [-0.2, 0) is 9.53 Å². The fourth-order valence-corrected chi connectivity index (χ4v) is 0.958. The second-order valence-corrected chi connectivity index (χ2v) is 4.05. The molecular weight excluding hydrogens is 190 g/mol. The Morgan fingerprint density at radius 2 is 1.77 bits per heavy atom. The van der Waals surface area contributed by atoms with E-state index in [2.05, 4.69) is 25.9 Å². The van der Waals surface area contributed by atoms with E-state index >= 15 is 0 Å². The lowest BCUT2D eigenvalue weighted by molar-refractivity contribution is -0.870. The van der Waals surface area contributed by atoms with E-state index in [0.29, 0.717) is 6.42 Å². The second kappa shape index (κ2) is 7.15. The number of rotatable bonds is 5. The van der Waals surface area contributed by atoms with Crippen LogP contribution < -0.4 is 12.4 Å². The SMILES string of the molecule is COC(=O)CCCC[N+](C)(C)C.[Cl-]. The van der Waals surface area contributed by atoms with Crippen molar-refractivity contribution in [1.29, 1.82) is 0 Å². The minimum Gasteiger partial charge on any atom is -1.00 e. The van der Waals surface area contributed by atoms with E-state index in [1.807, 2.05) is 0 Å². The van der Waals surface area contributed by atoms with E-state index in [1.54, 1.807) is 0 Å². The highest BCUT2D eigenvalue weighted by Crippen LogP contribution is 2.01. The van der Waals surface area contributed by atoms with E-state index in [4.69, 9.17) is 0 Å². The summed E-state index contributed by atoms with van der Waals surface area (Å²) in [5.41, 5.74) is 0. The molecular formula is C9H20ClNO2. The number of unbranched alkanes of at least 4 members (excludes halogenated alkanes) is 1. The van der Waals surface area contributed by atoms with Gasteiger partial charge in [-0.3, -0.25) is 4.79 Å². The molecule has 3 nitrogen and oxygen atoms in total. The zero-order valence-electron chi connectivity index (χ0n) is 8.97. The molecule has 0 N–H and O–H groups in total. The van der Waals surface area contributed by atoms with Crippen molar-refractivity contribution in [2.75, 3.05) is 34.8 Å². The smallest absolute Gasteiger partial charge is 0.305 e. The lowest BCUT2D eigenvalue weighted by Crippen LogP contribution is -3.00. The Kier molecular flexibility index (Phi) is 8.37. The first-order chi connectivity index (χ1) is 5.45. The van der Waals surface area contributed by atoms with Crippen LogP contribution in [0.15, 0.2) is 0 Å². The molecule has 0 aromatic heterocycles.